The van der Waals surface area contributed by atoms with E-state index in [4.69, 9.17) is 0 Å². The molecule has 0 fully saturated rings. The first-order valence-electron chi connectivity index (χ1n) is 8.10. The summed E-state index contributed by atoms with van der Waals surface area (Å²) in [5, 5.41) is 6.00. The monoisotopic (exact) mass is 332 g/mol. The van der Waals surface area contributed by atoms with Crippen LogP contribution in [0.15, 0.2) is 60.8 Å². The molecular formula is C20H20N4O. The number of hydrogen-bond acceptors (Lipinski definition) is 4. The summed E-state index contributed by atoms with van der Waals surface area (Å²) in [5.74, 6) is 0.171. The molecule has 0 aliphatic carbocycles. The highest BCUT2D eigenvalue weighted by Gasteiger charge is 2.09. The van der Waals surface area contributed by atoms with Crippen molar-refractivity contribution in [1.82, 2.24) is 15.3 Å². The predicted molar refractivity (Wildman–Crippen MR) is 98.8 cm³/mol. The Kier molecular flexibility index (Phi) is 5.04. The summed E-state index contributed by atoms with van der Waals surface area (Å²) >= 11 is 0. The lowest BCUT2D eigenvalue weighted by Gasteiger charge is -2.08. The van der Waals surface area contributed by atoms with Gasteiger partial charge in [-0.15, -0.1) is 0 Å². The predicted octanol–water partition coefficient (Wildman–Crippen LogP) is 3.77. The van der Waals surface area contributed by atoms with Gasteiger partial charge in [-0.2, -0.15) is 0 Å². The van der Waals surface area contributed by atoms with Crippen molar-refractivity contribution < 1.29 is 4.79 Å². The molecule has 0 radical (unpaired) electrons. The lowest BCUT2D eigenvalue weighted by Crippen LogP contribution is -2.24. The molecule has 0 unspecified atom stereocenters. The van der Waals surface area contributed by atoms with Gasteiger partial charge >= 0.3 is 0 Å². The van der Waals surface area contributed by atoms with E-state index in [1.807, 2.05) is 62.4 Å². The normalized spacial score (nSPS) is 10.3. The summed E-state index contributed by atoms with van der Waals surface area (Å²) in [7, 11) is 0. The molecule has 1 heterocycles. The van der Waals surface area contributed by atoms with Crippen molar-refractivity contribution in [3.63, 3.8) is 0 Å². The van der Waals surface area contributed by atoms with Crippen LogP contribution in [0.2, 0.25) is 0 Å². The maximum Gasteiger partial charge on any atom is 0.270 e. The minimum Gasteiger partial charge on any atom is -0.347 e. The molecular weight excluding hydrogens is 312 g/mol. The van der Waals surface area contributed by atoms with Crippen LogP contribution < -0.4 is 10.6 Å². The van der Waals surface area contributed by atoms with Crippen LogP contribution in [0.4, 0.5) is 11.6 Å². The third-order valence-electron chi connectivity index (χ3n) is 3.70. The number of nitrogens with zero attached hydrogens (tertiary/aromatic N) is 2. The van der Waals surface area contributed by atoms with Gasteiger partial charge in [-0.1, -0.05) is 42.0 Å². The van der Waals surface area contributed by atoms with Gasteiger partial charge in [0.05, 0.1) is 0 Å². The largest absolute Gasteiger partial charge is 0.347 e. The number of carbonyl (C=O) groups is 1. The fourth-order valence-electron chi connectivity index (χ4n) is 2.49. The molecule has 3 rings (SSSR count). The van der Waals surface area contributed by atoms with E-state index in [1.54, 1.807) is 12.3 Å². The Morgan fingerprint density at radius 3 is 2.52 bits per heavy atom. The molecule has 2 N–H and O–H groups in total. The van der Waals surface area contributed by atoms with Gasteiger partial charge in [-0.3, -0.25) is 4.79 Å². The second-order valence-corrected chi connectivity index (χ2v) is 5.93. The lowest BCUT2D eigenvalue weighted by molar-refractivity contribution is 0.0946. The Hall–Kier alpha value is -3.21. The minimum absolute atomic E-state index is 0.226. The van der Waals surface area contributed by atoms with Gasteiger partial charge in [-0.25, -0.2) is 9.97 Å². The number of aryl methyl sites for hydroxylation is 2. The zero-order chi connectivity index (χ0) is 17.6. The Morgan fingerprint density at radius 2 is 1.76 bits per heavy atom. The van der Waals surface area contributed by atoms with Crippen LogP contribution in [0.5, 0.6) is 0 Å². The van der Waals surface area contributed by atoms with E-state index >= 15 is 0 Å². The first-order chi connectivity index (χ1) is 12.1. The quantitative estimate of drug-likeness (QED) is 0.746. The second kappa shape index (κ2) is 7.57. The highest BCUT2D eigenvalue weighted by molar-refractivity contribution is 5.92. The summed E-state index contributed by atoms with van der Waals surface area (Å²) in [6.45, 7) is 4.51. The standard InChI is InChI=1S/C20H20N4O/c1-14-5-3-7-16(11-14)13-22-19(25)18-9-10-21-20(24-18)23-17-8-4-6-15(2)12-17/h3-12H,13H2,1-2H3,(H,22,25)(H,21,23,24). The number of anilines is 2. The third kappa shape index (κ3) is 4.64. The van der Waals surface area contributed by atoms with E-state index in [2.05, 4.69) is 20.6 Å². The van der Waals surface area contributed by atoms with Gasteiger partial charge in [0.2, 0.25) is 5.95 Å². The molecule has 25 heavy (non-hydrogen) atoms. The second-order valence-electron chi connectivity index (χ2n) is 5.93. The summed E-state index contributed by atoms with van der Waals surface area (Å²) in [6, 6.07) is 17.5. The molecule has 5 nitrogen and oxygen atoms in total. The van der Waals surface area contributed by atoms with Crippen molar-refractivity contribution in [3.05, 3.63) is 83.2 Å². The topological polar surface area (TPSA) is 66.9 Å². The zero-order valence-corrected chi connectivity index (χ0v) is 14.3. The first-order valence-corrected chi connectivity index (χ1v) is 8.10. The summed E-state index contributed by atoms with van der Waals surface area (Å²) < 4.78 is 0. The number of hydrogen-bond donors (Lipinski definition) is 2. The van der Waals surface area contributed by atoms with Gasteiger partial charge in [0.25, 0.3) is 5.91 Å². The van der Waals surface area contributed by atoms with Gasteiger partial charge < -0.3 is 10.6 Å². The van der Waals surface area contributed by atoms with Crippen molar-refractivity contribution in [2.75, 3.05) is 5.32 Å². The number of aromatic nitrogens is 2. The van der Waals surface area contributed by atoms with Crippen LogP contribution in [0.25, 0.3) is 0 Å². The van der Waals surface area contributed by atoms with Crippen LogP contribution in [-0.2, 0) is 6.54 Å². The molecule has 0 aliphatic heterocycles. The van der Waals surface area contributed by atoms with Crippen LogP contribution in [0.3, 0.4) is 0 Å². The Balaban J connectivity index is 1.67. The number of amides is 1. The Morgan fingerprint density at radius 1 is 1.00 bits per heavy atom. The molecule has 1 amide bonds. The number of benzene rings is 2. The number of rotatable bonds is 5. The number of carbonyl (C=O) groups excluding carboxylic acids is 1. The third-order valence-corrected chi connectivity index (χ3v) is 3.70. The first kappa shape index (κ1) is 16.6. The van der Waals surface area contributed by atoms with Gasteiger partial charge in [0.15, 0.2) is 0 Å². The smallest absolute Gasteiger partial charge is 0.270 e. The molecule has 2 aromatic carbocycles. The fraction of sp³-hybridized carbons (Fsp3) is 0.150. The molecule has 0 bridgehead atoms. The average Bonchev–Trinajstić information content (AvgIpc) is 2.60. The van der Waals surface area contributed by atoms with Gasteiger partial charge in [0, 0.05) is 18.4 Å². The molecule has 0 saturated carbocycles. The summed E-state index contributed by atoms with van der Waals surface area (Å²) in [5.41, 5.74) is 4.58. The van der Waals surface area contributed by atoms with Crippen LogP contribution >= 0.6 is 0 Å². The van der Waals surface area contributed by atoms with Crippen molar-refractivity contribution in [3.8, 4) is 0 Å². The molecule has 0 atom stereocenters. The molecule has 0 aliphatic rings. The summed E-state index contributed by atoms with van der Waals surface area (Å²) in [4.78, 5) is 20.8. The molecule has 1 aromatic heterocycles. The van der Waals surface area contributed by atoms with Crippen LogP contribution in [0, 0.1) is 13.8 Å². The van der Waals surface area contributed by atoms with Crippen molar-refractivity contribution >= 4 is 17.5 Å². The van der Waals surface area contributed by atoms with E-state index in [1.165, 1.54) is 5.56 Å². The summed E-state index contributed by atoms with van der Waals surface area (Å²) in [6.07, 6.45) is 1.58. The maximum atomic E-state index is 12.3. The SMILES string of the molecule is Cc1cccc(CNC(=O)c2ccnc(Nc3cccc(C)c3)n2)c1. The van der Waals surface area contributed by atoms with E-state index in [9.17, 15) is 4.79 Å². The van der Waals surface area contributed by atoms with Gasteiger partial charge in [-0.05, 0) is 43.2 Å². The van der Waals surface area contributed by atoms with Crippen molar-refractivity contribution in [1.29, 1.82) is 0 Å². The van der Waals surface area contributed by atoms with Crippen LogP contribution in [0.1, 0.15) is 27.2 Å². The molecule has 5 heteroatoms. The van der Waals surface area contributed by atoms with Gasteiger partial charge in [0.1, 0.15) is 5.69 Å². The zero-order valence-electron chi connectivity index (χ0n) is 14.3. The average molecular weight is 332 g/mol. The van der Waals surface area contributed by atoms with E-state index < -0.39 is 0 Å². The highest BCUT2D eigenvalue weighted by atomic mass is 16.1. The highest BCUT2D eigenvalue weighted by Crippen LogP contribution is 2.14. The molecule has 3 aromatic rings. The Labute approximate surface area is 147 Å². The van der Waals surface area contributed by atoms with E-state index in [-0.39, 0.29) is 5.91 Å². The maximum absolute atomic E-state index is 12.3. The van der Waals surface area contributed by atoms with Crippen LogP contribution in [-0.4, -0.2) is 15.9 Å². The van der Waals surface area contributed by atoms with Crippen molar-refractivity contribution in [2.45, 2.75) is 20.4 Å². The lowest BCUT2D eigenvalue weighted by atomic mass is 10.1. The molecule has 126 valence electrons. The van der Waals surface area contributed by atoms with E-state index in [0.717, 1.165) is 16.8 Å². The van der Waals surface area contributed by atoms with E-state index in [0.29, 0.717) is 18.2 Å². The minimum atomic E-state index is -0.226. The number of nitrogens with one attached hydrogen (secondary N) is 2. The molecule has 0 saturated heterocycles. The Bertz CT molecular complexity index is 892. The fourth-order valence-corrected chi connectivity index (χ4v) is 2.49. The van der Waals surface area contributed by atoms with Crippen molar-refractivity contribution in [2.24, 2.45) is 0 Å². The molecule has 0 spiro atoms.